The summed E-state index contributed by atoms with van der Waals surface area (Å²) in [6.07, 6.45) is 1.48. The summed E-state index contributed by atoms with van der Waals surface area (Å²) in [5.74, 6) is -0.830. The molecule has 7 nitrogen and oxygen atoms in total. The van der Waals surface area contributed by atoms with Crippen molar-refractivity contribution in [2.45, 2.75) is 20.5 Å². The van der Waals surface area contributed by atoms with E-state index in [0.29, 0.717) is 27.8 Å². The minimum absolute atomic E-state index is 0.241. The summed E-state index contributed by atoms with van der Waals surface area (Å²) in [7, 11) is 1.57. The van der Waals surface area contributed by atoms with E-state index in [4.69, 9.17) is 21.1 Å². The lowest BCUT2D eigenvalue weighted by Crippen LogP contribution is -2.39. The molecule has 182 valence electrons. The molecule has 1 unspecified atom stereocenters. The molecule has 0 saturated heterocycles. The number of carbonyl (C=O) groups is 2. The Hall–Kier alpha value is -3.84. The van der Waals surface area contributed by atoms with Crippen LogP contribution in [0.2, 0.25) is 5.02 Å². The van der Waals surface area contributed by atoms with Gasteiger partial charge >= 0.3 is 0 Å². The Morgan fingerprint density at radius 1 is 0.971 bits per heavy atom. The molecule has 0 fully saturated rings. The van der Waals surface area contributed by atoms with Crippen molar-refractivity contribution in [3.63, 3.8) is 0 Å². The highest BCUT2D eigenvalue weighted by Crippen LogP contribution is 2.21. The third kappa shape index (κ3) is 7.32. The number of hydrogen-bond donors (Lipinski definition) is 2. The first-order chi connectivity index (χ1) is 16.9. The predicted molar refractivity (Wildman–Crippen MR) is 138 cm³/mol. The Morgan fingerprint density at radius 2 is 1.66 bits per heavy atom. The van der Waals surface area contributed by atoms with Gasteiger partial charge in [-0.1, -0.05) is 55.8 Å². The van der Waals surface area contributed by atoms with Crippen LogP contribution in [0.1, 0.15) is 25.0 Å². The minimum Gasteiger partial charge on any atom is -0.497 e. The van der Waals surface area contributed by atoms with Gasteiger partial charge < -0.3 is 14.8 Å². The van der Waals surface area contributed by atoms with Crippen molar-refractivity contribution in [1.82, 2.24) is 5.43 Å². The second kappa shape index (κ2) is 12.6. The third-order valence-corrected chi connectivity index (χ3v) is 5.60. The molecule has 0 saturated carbocycles. The van der Waals surface area contributed by atoms with Crippen molar-refractivity contribution >= 4 is 35.3 Å². The molecular weight excluding hydrogens is 466 g/mol. The first-order valence-electron chi connectivity index (χ1n) is 11.1. The molecule has 3 aromatic rings. The lowest BCUT2D eigenvalue weighted by atomic mass is 9.94. The predicted octanol–water partition coefficient (Wildman–Crippen LogP) is 5.29. The zero-order chi connectivity index (χ0) is 25.2. The molecule has 35 heavy (non-hydrogen) atoms. The first kappa shape index (κ1) is 25.8. The van der Waals surface area contributed by atoms with Crippen molar-refractivity contribution in [2.24, 2.45) is 16.9 Å². The van der Waals surface area contributed by atoms with Crippen molar-refractivity contribution in [1.29, 1.82) is 0 Å². The lowest BCUT2D eigenvalue weighted by molar-refractivity contribution is -0.134. The Morgan fingerprint density at radius 3 is 2.34 bits per heavy atom. The van der Waals surface area contributed by atoms with Crippen molar-refractivity contribution in [2.75, 3.05) is 12.4 Å². The van der Waals surface area contributed by atoms with Gasteiger partial charge in [0.15, 0.2) is 0 Å². The van der Waals surface area contributed by atoms with Crippen LogP contribution in [0.4, 0.5) is 5.69 Å². The van der Waals surface area contributed by atoms with E-state index in [9.17, 15) is 9.59 Å². The topological polar surface area (TPSA) is 89.0 Å². The van der Waals surface area contributed by atoms with Gasteiger partial charge in [0.2, 0.25) is 5.91 Å². The van der Waals surface area contributed by atoms with Crippen LogP contribution in [0.3, 0.4) is 0 Å². The van der Waals surface area contributed by atoms with Gasteiger partial charge in [0.25, 0.3) is 5.91 Å². The van der Waals surface area contributed by atoms with Gasteiger partial charge in [-0.05, 0) is 48.4 Å². The molecule has 3 rings (SSSR count). The number of nitrogens with one attached hydrogen (secondary N) is 2. The average molecular weight is 494 g/mol. The van der Waals surface area contributed by atoms with Crippen LogP contribution in [-0.4, -0.2) is 25.1 Å². The number of ether oxygens (including phenoxy) is 2. The van der Waals surface area contributed by atoms with Crippen LogP contribution in [0.25, 0.3) is 0 Å². The number of para-hydroxylation sites is 1. The van der Waals surface area contributed by atoms with E-state index in [2.05, 4.69) is 15.8 Å². The fourth-order valence-electron chi connectivity index (χ4n) is 3.34. The van der Waals surface area contributed by atoms with Crippen LogP contribution >= 0.6 is 11.6 Å². The van der Waals surface area contributed by atoms with E-state index in [0.717, 1.165) is 5.56 Å². The molecular formula is C27H28ClN3O4. The van der Waals surface area contributed by atoms with Crippen molar-refractivity contribution in [3.05, 3.63) is 88.9 Å². The molecule has 0 aromatic heterocycles. The lowest BCUT2D eigenvalue weighted by Gasteiger charge is -2.18. The Kier molecular flexibility index (Phi) is 9.26. The molecule has 0 bridgehead atoms. The van der Waals surface area contributed by atoms with Crippen LogP contribution < -0.4 is 20.2 Å². The number of hydrogen-bond acceptors (Lipinski definition) is 5. The van der Waals surface area contributed by atoms with Crippen LogP contribution in [-0.2, 0) is 16.2 Å². The number of benzene rings is 3. The van der Waals surface area contributed by atoms with E-state index >= 15 is 0 Å². The molecule has 2 N–H and O–H groups in total. The minimum atomic E-state index is -0.930. The van der Waals surface area contributed by atoms with E-state index in [1.165, 1.54) is 6.21 Å². The SMILES string of the molecule is COc1ccc(NC(=O)C(C(=O)NN=Cc2ccccc2OCc2ccccc2Cl)C(C)C)cc1. The smallest absolute Gasteiger partial charge is 0.252 e. The molecule has 3 aromatic carbocycles. The number of halogens is 1. The summed E-state index contributed by atoms with van der Waals surface area (Å²) in [5, 5.41) is 7.46. The van der Waals surface area contributed by atoms with E-state index in [1.54, 1.807) is 57.4 Å². The van der Waals surface area contributed by atoms with Gasteiger partial charge in [0.05, 0.1) is 13.3 Å². The summed E-state index contributed by atoms with van der Waals surface area (Å²) in [5.41, 5.74) is 4.58. The van der Waals surface area contributed by atoms with Gasteiger partial charge in [-0.3, -0.25) is 9.59 Å². The second-order valence-electron chi connectivity index (χ2n) is 8.09. The zero-order valence-electron chi connectivity index (χ0n) is 19.8. The summed E-state index contributed by atoms with van der Waals surface area (Å²) >= 11 is 6.20. The largest absolute Gasteiger partial charge is 0.497 e. The van der Waals surface area contributed by atoms with Crippen molar-refractivity contribution < 1.29 is 19.1 Å². The molecule has 0 aliphatic heterocycles. The van der Waals surface area contributed by atoms with Gasteiger partial charge in [0, 0.05) is 21.8 Å². The first-order valence-corrected chi connectivity index (χ1v) is 11.5. The molecule has 0 aliphatic rings. The molecule has 1 atom stereocenters. The molecule has 0 spiro atoms. The standard InChI is InChI=1S/C27H28ClN3O4/c1-18(2)25(26(32)30-21-12-14-22(34-3)15-13-21)27(33)31-29-16-19-8-5-7-11-24(19)35-17-20-9-4-6-10-23(20)28/h4-16,18,25H,17H2,1-3H3,(H,30,32)(H,31,33). The Labute approximate surface area is 210 Å². The monoisotopic (exact) mass is 493 g/mol. The van der Waals surface area contributed by atoms with E-state index < -0.39 is 17.7 Å². The quantitative estimate of drug-likeness (QED) is 0.228. The van der Waals surface area contributed by atoms with Crippen molar-refractivity contribution in [3.8, 4) is 11.5 Å². The molecule has 0 radical (unpaired) electrons. The highest BCUT2D eigenvalue weighted by atomic mass is 35.5. The summed E-state index contributed by atoms with van der Waals surface area (Å²) in [6, 6.07) is 21.6. The zero-order valence-corrected chi connectivity index (χ0v) is 20.6. The number of carbonyl (C=O) groups excluding carboxylic acids is 2. The van der Waals surface area contributed by atoms with Crippen LogP contribution in [0.5, 0.6) is 11.5 Å². The highest BCUT2D eigenvalue weighted by Gasteiger charge is 2.30. The number of anilines is 1. The maximum Gasteiger partial charge on any atom is 0.252 e. The van der Waals surface area contributed by atoms with Gasteiger partial charge in [-0.25, -0.2) is 5.43 Å². The molecule has 8 heteroatoms. The van der Waals surface area contributed by atoms with Crippen LogP contribution in [0, 0.1) is 11.8 Å². The second-order valence-corrected chi connectivity index (χ2v) is 8.50. The number of rotatable bonds is 10. The number of hydrazone groups is 1. The van der Waals surface area contributed by atoms with Crippen LogP contribution in [0.15, 0.2) is 77.9 Å². The summed E-state index contributed by atoms with van der Waals surface area (Å²) in [6.45, 7) is 3.90. The fraction of sp³-hybridized carbons (Fsp3) is 0.222. The summed E-state index contributed by atoms with van der Waals surface area (Å²) in [4.78, 5) is 25.6. The number of amides is 2. The maximum atomic E-state index is 12.8. The molecule has 0 heterocycles. The highest BCUT2D eigenvalue weighted by molar-refractivity contribution is 6.31. The Balaban J connectivity index is 1.63. The number of nitrogens with zero attached hydrogens (tertiary/aromatic N) is 1. The van der Waals surface area contributed by atoms with Gasteiger partial charge in [-0.15, -0.1) is 0 Å². The average Bonchev–Trinajstić information content (AvgIpc) is 2.84. The normalized spacial score (nSPS) is 11.8. The number of methoxy groups -OCH3 is 1. The molecule has 2 amide bonds. The maximum absolute atomic E-state index is 12.8. The van der Waals surface area contributed by atoms with Gasteiger partial charge in [-0.2, -0.15) is 5.10 Å². The molecule has 0 aliphatic carbocycles. The summed E-state index contributed by atoms with van der Waals surface area (Å²) < 4.78 is 11.0. The van der Waals surface area contributed by atoms with Gasteiger partial charge in [0.1, 0.15) is 24.0 Å². The Bertz CT molecular complexity index is 1180. The fourth-order valence-corrected chi connectivity index (χ4v) is 3.53. The van der Waals surface area contributed by atoms with E-state index in [1.807, 2.05) is 36.4 Å². The third-order valence-electron chi connectivity index (χ3n) is 5.23. The van der Waals surface area contributed by atoms with E-state index in [-0.39, 0.29) is 12.5 Å².